The van der Waals surface area contributed by atoms with Gasteiger partial charge in [-0.15, -0.1) is 11.6 Å². The molecule has 0 bridgehead atoms. The topological polar surface area (TPSA) is 17.8 Å². The Morgan fingerprint density at radius 1 is 1.43 bits per heavy atom. The quantitative estimate of drug-likeness (QED) is 0.704. The fraction of sp³-hybridized carbons (Fsp3) is 0.533. The molecular weight excluding hydrogens is 330 g/mol. The second kappa shape index (κ2) is 6.35. The molecule has 1 saturated heterocycles. The van der Waals surface area contributed by atoms with Gasteiger partial charge in [-0.3, -0.25) is 0 Å². The number of hydrogen-bond donors (Lipinski definition) is 0. The van der Waals surface area contributed by atoms with Crippen LogP contribution in [0, 0.1) is 11.7 Å². The largest absolute Gasteiger partial charge is 0.326 e. The first-order chi connectivity index (χ1) is 10.1. The molecular formula is C15H17Cl2FN2S. The number of nitrogens with zero attached hydrogens (tertiary/aromatic N) is 2. The standard InChI is InChI=1S/C15H17Cl2FN2S/c1-9(16)15-19-13-7-12(18)11(17)6-14(13)20(15)8-10-2-4-21-5-3-10/h6-7,9-10H,2-5,8H2,1H3. The summed E-state index contributed by atoms with van der Waals surface area (Å²) in [6.45, 7) is 2.78. The third-order valence-electron chi connectivity index (χ3n) is 3.96. The summed E-state index contributed by atoms with van der Waals surface area (Å²) in [5.74, 6) is 3.40. The number of hydrogen-bond acceptors (Lipinski definition) is 2. The van der Waals surface area contributed by atoms with E-state index in [-0.39, 0.29) is 10.4 Å². The van der Waals surface area contributed by atoms with Crippen molar-refractivity contribution < 1.29 is 4.39 Å². The van der Waals surface area contributed by atoms with E-state index in [1.165, 1.54) is 30.4 Å². The van der Waals surface area contributed by atoms with Gasteiger partial charge in [0.2, 0.25) is 0 Å². The lowest BCUT2D eigenvalue weighted by Crippen LogP contribution is -2.18. The summed E-state index contributed by atoms with van der Waals surface area (Å²) in [7, 11) is 0. The van der Waals surface area contributed by atoms with Crippen LogP contribution >= 0.6 is 35.0 Å². The van der Waals surface area contributed by atoms with Crippen LogP contribution in [0.5, 0.6) is 0 Å². The molecule has 1 aromatic heterocycles. The summed E-state index contributed by atoms with van der Waals surface area (Å²) >= 11 is 14.2. The summed E-state index contributed by atoms with van der Waals surface area (Å²) < 4.78 is 15.8. The first-order valence-corrected chi connectivity index (χ1v) is 9.10. The third-order valence-corrected chi connectivity index (χ3v) is 5.49. The van der Waals surface area contributed by atoms with Crippen LogP contribution in [0.15, 0.2) is 12.1 Å². The molecule has 3 rings (SSSR count). The lowest BCUT2D eigenvalue weighted by molar-refractivity contribution is 0.415. The van der Waals surface area contributed by atoms with Crippen LogP contribution in [0.1, 0.15) is 31.0 Å². The Hall–Kier alpha value is -0.450. The average molecular weight is 347 g/mol. The molecule has 6 heteroatoms. The van der Waals surface area contributed by atoms with Crippen molar-refractivity contribution in [2.24, 2.45) is 5.92 Å². The number of fused-ring (bicyclic) bond motifs is 1. The van der Waals surface area contributed by atoms with Gasteiger partial charge in [0.15, 0.2) is 0 Å². The van der Waals surface area contributed by atoms with Crippen LogP contribution in [0.2, 0.25) is 5.02 Å². The first-order valence-electron chi connectivity index (χ1n) is 7.13. The Kier molecular flexibility index (Phi) is 4.67. The predicted molar refractivity (Wildman–Crippen MR) is 89.0 cm³/mol. The summed E-state index contributed by atoms with van der Waals surface area (Å²) in [5, 5.41) is -0.0752. The summed E-state index contributed by atoms with van der Waals surface area (Å²) in [5.41, 5.74) is 1.51. The van der Waals surface area contributed by atoms with E-state index < -0.39 is 5.82 Å². The molecule has 0 radical (unpaired) electrons. The van der Waals surface area contributed by atoms with Gasteiger partial charge in [-0.1, -0.05) is 11.6 Å². The Labute approximate surface area is 138 Å². The monoisotopic (exact) mass is 346 g/mol. The van der Waals surface area contributed by atoms with Gasteiger partial charge in [-0.05, 0) is 43.3 Å². The SMILES string of the molecule is CC(Cl)c1nc2cc(F)c(Cl)cc2n1CC1CCSCC1. The molecule has 1 unspecified atom stereocenters. The first kappa shape index (κ1) is 15.4. The van der Waals surface area contributed by atoms with Crippen molar-refractivity contribution in [3.05, 3.63) is 28.8 Å². The zero-order chi connectivity index (χ0) is 15.0. The normalized spacial score (nSPS) is 18.3. The van der Waals surface area contributed by atoms with E-state index in [9.17, 15) is 4.39 Å². The van der Waals surface area contributed by atoms with Crippen LogP contribution in [-0.2, 0) is 6.54 Å². The molecule has 0 aliphatic carbocycles. The fourth-order valence-electron chi connectivity index (χ4n) is 2.82. The zero-order valence-electron chi connectivity index (χ0n) is 11.8. The van der Waals surface area contributed by atoms with Crippen LogP contribution in [0.3, 0.4) is 0 Å². The second-order valence-electron chi connectivity index (χ2n) is 5.51. The molecule has 2 heterocycles. The Balaban J connectivity index is 2.04. The van der Waals surface area contributed by atoms with Crippen molar-refractivity contribution in [2.45, 2.75) is 31.7 Å². The molecule has 1 aromatic carbocycles. The lowest BCUT2D eigenvalue weighted by atomic mass is 10.0. The van der Waals surface area contributed by atoms with Crippen LogP contribution in [0.25, 0.3) is 11.0 Å². The number of thioether (sulfide) groups is 1. The number of rotatable bonds is 3. The maximum absolute atomic E-state index is 13.6. The highest BCUT2D eigenvalue weighted by atomic mass is 35.5. The minimum atomic E-state index is -0.434. The van der Waals surface area contributed by atoms with Gasteiger partial charge in [-0.25, -0.2) is 9.37 Å². The molecule has 1 fully saturated rings. The van der Waals surface area contributed by atoms with Gasteiger partial charge in [0.25, 0.3) is 0 Å². The summed E-state index contributed by atoms with van der Waals surface area (Å²) in [6.07, 6.45) is 2.41. The smallest absolute Gasteiger partial charge is 0.144 e. The second-order valence-corrected chi connectivity index (χ2v) is 7.79. The van der Waals surface area contributed by atoms with Gasteiger partial charge in [0.1, 0.15) is 11.6 Å². The maximum atomic E-state index is 13.6. The Morgan fingerprint density at radius 3 is 2.81 bits per heavy atom. The predicted octanol–water partition coefficient (Wildman–Crippen LogP) is 5.27. The zero-order valence-corrected chi connectivity index (χ0v) is 14.1. The van der Waals surface area contributed by atoms with E-state index in [1.54, 1.807) is 6.07 Å². The van der Waals surface area contributed by atoms with Gasteiger partial charge in [0.05, 0.1) is 21.4 Å². The lowest BCUT2D eigenvalue weighted by Gasteiger charge is -2.23. The summed E-state index contributed by atoms with van der Waals surface area (Å²) in [4.78, 5) is 4.51. The van der Waals surface area contributed by atoms with E-state index in [2.05, 4.69) is 9.55 Å². The number of alkyl halides is 1. The molecule has 1 atom stereocenters. The van der Waals surface area contributed by atoms with E-state index in [1.807, 2.05) is 18.7 Å². The van der Waals surface area contributed by atoms with E-state index in [0.717, 1.165) is 17.9 Å². The van der Waals surface area contributed by atoms with Crippen molar-refractivity contribution in [3.63, 3.8) is 0 Å². The molecule has 2 aromatic rings. The van der Waals surface area contributed by atoms with Crippen molar-refractivity contribution in [1.29, 1.82) is 0 Å². The van der Waals surface area contributed by atoms with Crippen molar-refractivity contribution in [2.75, 3.05) is 11.5 Å². The van der Waals surface area contributed by atoms with Crippen LogP contribution in [-0.4, -0.2) is 21.1 Å². The Bertz CT molecular complexity index is 651. The highest BCUT2D eigenvalue weighted by molar-refractivity contribution is 7.99. The summed E-state index contributed by atoms with van der Waals surface area (Å²) in [6, 6.07) is 3.06. The minimum Gasteiger partial charge on any atom is -0.326 e. The minimum absolute atomic E-state index is 0.136. The Morgan fingerprint density at radius 2 is 2.14 bits per heavy atom. The molecule has 21 heavy (non-hydrogen) atoms. The molecule has 0 saturated carbocycles. The van der Waals surface area contributed by atoms with Gasteiger partial charge in [0, 0.05) is 12.6 Å². The molecule has 114 valence electrons. The average Bonchev–Trinajstić information content (AvgIpc) is 2.79. The number of halogens is 3. The van der Waals surface area contributed by atoms with Gasteiger partial charge < -0.3 is 4.57 Å². The van der Waals surface area contributed by atoms with Crippen LogP contribution < -0.4 is 0 Å². The van der Waals surface area contributed by atoms with Crippen molar-refractivity contribution in [1.82, 2.24) is 9.55 Å². The number of imidazole rings is 1. The van der Waals surface area contributed by atoms with E-state index in [4.69, 9.17) is 23.2 Å². The number of benzene rings is 1. The fourth-order valence-corrected chi connectivity index (χ4v) is 4.35. The molecule has 1 aliphatic heterocycles. The third kappa shape index (κ3) is 3.17. The van der Waals surface area contributed by atoms with Crippen LogP contribution in [0.4, 0.5) is 4.39 Å². The van der Waals surface area contributed by atoms with Crippen molar-refractivity contribution >= 4 is 46.0 Å². The van der Waals surface area contributed by atoms with E-state index >= 15 is 0 Å². The molecule has 0 N–H and O–H groups in total. The maximum Gasteiger partial charge on any atom is 0.144 e. The van der Waals surface area contributed by atoms with Gasteiger partial charge >= 0.3 is 0 Å². The molecule has 1 aliphatic rings. The highest BCUT2D eigenvalue weighted by Crippen LogP contribution is 2.31. The molecule has 0 spiro atoms. The van der Waals surface area contributed by atoms with E-state index in [0.29, 0.717) is 11.4 Å². The van der Waals surface area contributed by atoms with Crippen molar-refractivity contribution in [3.8, 4) is 0 Å². The molecule has 0 amide bonds. The molecule has 2 nitrogen and oxygen atoms in total. The number of aromatic nitrogens is 2. The highest BCUT2D eigenvalue weighted by Gasteiger charge is 2.21. The van der Waals surface area contributed by atoms with Gasteiger partial charge in [-0.2, -0.15) is 11.8 Å².